The number of benzene rings is 1. The molecule has 1 fully saturated rings. The molecule has 7 nitrogen and oxygen atoms in total. The van der Waals surface area contributed by atoms with E-state index in [0.29, 0.717) is 23.4 Å². The van der Waals surface area contributed by atoms with Gasteiger partial charge in [0.05, 0.1) is 0 Å². The van der Waals surface area contributed by atoms with E-state index in [4.69, 9.17) is 6.42 Å². The first-order chi connectivity index (χ1) is 14.8. The Kier molecular flexibility index (Phi) is 6.17. The minimum absolute atomic E-state index is 0.0842. The summed E-state index contributed by atoms with van der Waals surface area (Å²) < 4.78 is 23.4. The summed E-state index contributed by atoms with van der Waals surface area (Å²) in [6.45, 7) is 1.46. The van der Waals surface area contributed by atoms with Gasteiger partial charge in [-0.15, -0.1) is 16.6 Å². The van der Waals surface area contributed by atoms with E-state index in [0.717, 1.165) is 62.0 Å². The van der Waals surface area contributed by atoms with Crippen molar-refractivity contribution in [2.45, 2.75) is 44.6 Å². The van der Waals surface area contributed by atoms with E-state index in [-0.39, 0.29) is 17.7 Å². The highest BCUT2D eigenvalue weighted by Gasteiger charge is 2.26. The quantitative estimate of drug-likeness (QED) is 0.690. The van der Waals surface area contributed by atoms with Gasteiger partial charge in [-0.3, -0.25) is 4.90 Å². The number of rotatable bonds is 5. The van der Waals surface area contributed by atoms with Crippen LogP contribution in [0.2, 0.25) is 0 Å². The van der Waals surface area contributed by atoms with Gasteiger partial charge in [0.2, 0.25) is 0 Å². The van der Waals surface area contributed by atoms with E-state index < -0.39 is 9.84 Å². The maximum atomic E-state index is 11.7. The number of nitrogens with zero attached hydrogens (tertiary/aromatic N) is 3. The molecule has 0 spiro atoms. The minimum Gasteiger partial charge on any atom is -0.507 e. The third-order valence-electron chi connectivity index (χ3n) is 5.97. The van der Waals surface area contributed by atoms with Gasteiger partial charge in [-0.05, 0) is 68.8 Å². The van der Waals surface area contributed by atoms with Gasteiger partial charge in [-0.2, -0.15) is 0 Å². The zero-order valence-corrected chi connectivity index (χ0v) is 18.6. The van der Waals surface area contributed by atoms with Crippen molar-refractivity contribution < 1.29 is 13.5 Å². The van der Waals surface area contributed by atoms with Gasteiger partial charge in [0.15, 0.2) is 15.7 Å². The zero-order chi connectivity index (χ0) is 22.0. The molecule has 1 saturated heterocycles. The Morgan fingerprint density at radius 2 is 2.00 bits per heavy atom. The summed E-state index contributed by atoms with van der Waals surface area (Å²) in [7, 11) is -3.05. The van der Waals surface area contributed by atoms with E-state index in [1.807, 2.05) is 4.90 Å². The molecule has 2 N–H and O–H groups in total. The molecule has 2 heterocycles. The summed E-state index contributed by atoms with van der Waals surface area (Å²) in [4.78, 5) is 1.98. The topological polar surface area (TPSA) is 95.4 Å². The largest absolute Gasteiger partial charge is 0.507 e. The third-order valence-corrected chi connectivity index (χ3v) is 6.81. The van der Waals surface area contributed by atoms with Crippen molar-refractivity contribution in [1.29, 1.82) is 0 Å². The number of phenolic OH excluding ortho intramolecular Hbond substituents is 1. The van der Waals surface area contributed by atoms with Crippen LogP contribution in [0.3, 0.4) is 0 Å². The molecule has 31 heavy (non-hydrogen) atoms. The second-order valence-corrected chi connectivity index (χ2v) is 10.7. The Morgan fingerprint density at radius 3 is 2.71 bits per heavy atom. The first kappa shape index (κ1) is 21.6. The molecule has 1 unspecified atom stereocenters. The molecule has 0 amide bonds. The van der Waals surface area contributed by atoms with Gasteiger partial charge < -0.3 is 10.4 Å². The molecule has 0 saturated carbocycles. The Balaban J connectivity index is 1.61. The number of hydrogen-bond donors (Lipinski definition) is 2. The molecule has 1 aromatic carbocycles. The van der Waals surface area contributed by atoms with Crippen molar-refractivity contribution in [2.75, 3.05) is 30.5 Å². The third kappa shape index (κ3) is 5.00. The average Bonchev–Trinajstić information content (AvgIpc) is 2.73. The van der Waals surface area contributed by atoms with Crippen LogP contribution < -0.4 is 5.32 Å². The smallest absolute Gasteiger partial charge is 0.160 e. The van der Waals surface area contributed by atoms with Gasteiger partial charge in [0, 0.05) is 35.5 Å². The first-order valence-corrected chi connectivity index (χ1v) is 12.7. The summed E-state index contributed by atoms with van der Waals surface area (Å²) in [6.07, 6.45) is 12.6. The van der Waals surface area contributed by atoms with Crippen LogP contribution in [-0.2, 0) is 22.7 Å². The van der Waals surface area contributed by atoms with Crippen molar-refractivity contribution in [3.05, 3.63) is 34.9 Å². The normalized spacial score (nSPS) is 19.4. The van der Waals surface area contributed by atoms with Crippen LogP contribution >= 0.6 is 0 Å². The highest BCUT2D eigenvalue weighted by Crippen LogP contribution is 2.37. The Bertz CT molecular complexity index is 1120. The number of anilines is 1. The van der Waals surface area contributed by atoms with Crippen molar-refractivity contribution in [2.24, 2.45) is 0 Å². The highest BCUT2D eigenvalue weighted by molar-refractivity contribution is 7.90. The number of terminal acetylenes is 1. The zero-order valence-electron chi connectivity index (χ0n) is 17.8. The van der Waals surface area contributed by atoms with Gasteiger partial charge in [0.25, 0.3) is 0 Å². The number of nitrogens with one attached hydrogen (secondary N) is 1. The van der Waals surface area contributed by atoms with Gasteiger partial charge in [-0.1, -0.05) is 5.92 Å². The van der Waals surface area contributed by atoms with E-state index in [1.165, 1.54) is 6.26 Å². The number of sulfone groups is 1. The van der Waals surface area contributed by atoms with Crippen molar-refractivity contribution in [1.82, 2.24) is 15.1 Å². The van der Waals surface area contributed by atoms with E-state index in [1.54, 1.807) is 18.2 Å². The molecule has 0 bridgehead atoms. The lowest BCUT2D eigenvalue weighted by Gasteiger charge is -2.33. The molecule has 1 aromatic heterocycles. The second-order valence-electron chi connectivity index (χ2n) is 8.55. The summed E-state index contributed by atoms with van der Waals surface area (Å²) in [5, 5.41) is 23.0. The Hall–Kier alpha value is -2.63. The maximum absolute atomic E-state index is 11.7. The lowest BCUT2D eigenvalue weighted by molar-refractivity contribution is 0.246. The Morgan fingerprint density at radius 1 is 1.23 bits per heavy atom. The fraction of sp³-hybridized carbons (Fsp3) is 0.478. The standard InChI is InChI=1S/C23H28N4O3S/c1-3-16-10-11-20(21(28)13-16)22-18-8-4-5-9-19(18)23(26-25-22)24-17-7-6-12-27(14-17)15-31(2,29)30/h1,10-11,13,17,28H,4-9,12,14-15H2,2H3,(H,24,26). The van der Waals surface area contributed by atoms with Crippen LogP contribution in [0.25, 0.3) is 11.3 Å². The molecule has 164 valence electrons. The van der Waals surface area contributed by atoms with Gasteiger partial charge >= 0.3 is 0 Å². The molecule has 2 aliphatic rings. The maximum Gasteiger partial charge on any atom is 0.160 e. The predicted molar refractivity (Wildman–Crippen MR) is 122 cm³/mol. The van der Waals surface area contributed by atoms with Crippen molar-refractivity contribution in [3.63, 3.8) is 0 Å². The van der Waals surface area contributed by atoms with Crippen LogP contribution in [-0.4, -0.2) is 59.9 Å². The van der Waals surface area contributed by atoms with E-state index in [2.05, 4.69) is 21.4 Å². The van der Waals surface area contributed by atoms with Crippen molar-refractivity contribution in [3.8, 4) is 29.4 Å². The van der Waals surface area contributed by atoms with Crippen LogP contribution in [0.1, 0.15) is 42.4 Å². The second kappa shape index (κ2) is 8.85. The van der Waals surface area contributed by atoms with Crippen molar-refractivity contribution >= 4 is 15.7 Å². The van der Waals surface area contributed by atoms with E-state index >= 15 is 0 Å². The molecule has 4 rings (SSSR count). The predicted octanol–water partition coefficient (Wildman–Crippen LogP) is 2.59. The first-order valence-electron chi connectivity index (χ1n) is 10.7. The molecule has 8 heteroatoms. The van der Waals surface area contributed by atoms with Gasteiger partial charge in [-0.25, -0.2) is 8.42 Å². The number of likely N-dealkylation sites (tertiary alicyclic amines) is 1. The SMILES string of the molecule is C#Cc1ccc(-c2nnc(NC3CCCN(CS(C)(=O)=O)C3)c3c2CCCC3)c(O)c1. The molecule has 1 aliphatic heterocycles. The van der Waals surface area contributed by atoms with Crippen LogP contribution in [0.15, 0.2) is 18.2 Å². The van der Waals surface area contributed by atoms with Crippen LogP contribution in [0, 0.1) is 12.3 Å². The molecule has 1 aliphatic carbocycles. The number of phenols is 1. The number of fused-ring (bicyclic) bond motifs is 1. The fourth-order valence-corrected chi connectivity index (χ4v) is 5.52. The average molecular weight is 441 g/mol. The summed E-state index contributed by atoms with van der Waals surface area (Å²) >= 11 is 0. The van der Waals surface area contributed by atoms with E-state index in [9.17, 15) is 13.5 Å². The number of hydrogen-bond acceptors (Lipinski definition) is 7. The minimum atomic E-state index is -3.05. The summed E-state index contributed by atoms with van der Waals surface area (Å²) in [6, 6.07) is 5.32. The lowest BCUT2D eigenvalue weighted by atomic mass is 9.88. The number of aromatic hydroxyl groups is 1. The monoisotopic (exact) mass is 440 g/mol. The number of piperidine rings is 1. The molecule has 0 radical (unpaired) electrons. The highest BCUT2D eigenvalue weighted by atomic mass is 32.2. The molecule has 1 atom stereocenters. The summed E-state index contributed by atoms with van der Waals surface area (Å²) in [5.41, 5.74) is 4.25. The molecule has 2 aromatic rings. The fourth-order valence-electron chi connectivity index (χ4n) is 4.62. The molecular weight excluding hydrogens is 412 g/mol. The van der Waals surface area contributed by atoms with Gasteiger partial charge in [0.1, 0.15) is 17.3 Å². The lowest BCUT2D eigenvalue weighted by Crippen LogP contribution is -2.44. The van der Waals surface area contributed by atoms with Crippen LogP contribution in [0.4, 0.5) is 5.82 Å². The Labute approximate surface area is 183 Å². The molecular formula is C23H28N4O3S. The summed E-state index contributed by atoms with van der Waals surface area (Å²) in [5.74, 6) is 3.51. The van der Waals surface area contributed by atoms with Crippen LogP contribution in [0.5, 0.6) is 5.75 Å². The number of aromatic nitrogens is 2.